The van der Waals surface area contributed by atoms with Crippen LogP contribution in [0.2, 0.25) is 0 Å². The van der Waals surface area contributed by atoms with E-state index in [0.717, 1.165) is 30.6 Å². The Kier molecular flexibility index (Phi) is 5.25. The number of ketones is 1. The van der Waals surface area contributed by atoms with Crippen LogP contribution in [0.15, 0.2) is 24.3 Å². The largest absolute Gasteiger partial charge is 0.335 e. The number of rotatable bonds is 3. The first-order chi connectivity index (χ1) is 14.0. The molecule has 0 unspecified atom stereocenters. The number of hydrogen-bond acceptors (Lipinski definition) is 4. The van der Waals surface area contributed by atoms with Crippen molar-refractivity contribution in [2.75, 3.05) is 24.5 Å². The predicted octanol–water partition coefficient (Wildman–Crippen LogP) is 2.38. The average Bonchev–Trinajstić information content (AvgIpc) is 2.98. The molecule has 0 aromatic heterocycles. The molecule has 2 aliphatic heterocycles. The second-order valence-electron chi connectivity index (χ2n) is 8.00. The van der Waals surface area contributed by atoms with E-state index in [0.29, 0.717) is 24.3 Å². The van der Waals surface area contributed by atoms with E-state index >= 15 is 0 Å². The van der Waals surface area contributed by atoms with Crippen LogP contribution < -0.4 is 10.2 Å². The Bertz CT molecular complexity index is 832. The summed E-state index contributed by atoms with van der Waals surface area (Å²) in [7, 11) is 0. The first-order valence-electron chi connectivity index (χ1n) is 10.3. The first kappa shape index (κ1) is 19.4. The van der Waals surface area contributed by atoms with Crippen LogP contribution >= 0.6 is 0 Å². The number of carbonyl (C=O) groups excluding carboxylic acids is 4. The van der Waals surface area contributed by atoms with Gasteiger partial charge in [-0.15, -0.1) is 0 Å². The van der Waals surface area contributed by atoms with Gasteiger partial charge in [-0.2, -0.15) is 0 Å². The third-order valence-corrected chi connectivity index (χ3v) is 6.07. The van der Waals surface area contributed by atoms with Crippen LogP contribution in [0, 0.1) is 0 Å². The van der Waals surface area contributed by atoms with Gasteiger partial charge >= 0.3 is 12.1 Å². The van der Waals surface area contributed by atoms with Crippen LogP contribution in [0.25, 0.3) is 0 Å². The van der Waals surface area contributed by atoms with Crippen molar-refractivity contribution in [1.82, 2.24) is 15.1 Å². The van der Waals surface area contributed by atoms with Gasteiger partial charge in [0.25, 0.3) is 5.91 Å². The Hall–Kier alpha value is -2.90. The zero-order chi connectivity index (χ0) is 20.5. The second-order valence-corrected chi connectivity index (χ2v) is 8.00. The summed E-state index contributed by atoms with van der Waals surface area (Å²) >= 11 is 0. The van der Waals surface area contributed by atoms with Crippen molar-refractivity contribution in [2.45, 2.75) is 51.1 Å². The molecule has 29 heavy (non-hydrogen) atoms. The molecule has 8 nitrogen and oxygen atoms in total. The lowest BCUT2D eigenvalue weighted by atomic mass is 9.96. The fourth-order valence-corrected chi connectivity index (χ4v) is 4.38. The minimum Gasteiger partial charge on any atom is -0.335 e. The van der Waals surface area contributed by atoms with Gasteiger partial charge < -0.3 is 15.1 Å². The molecule has 0 spiro atoms. The van der Waals surface area contributed by atoms with Gasteiger partial charge in [-0.25, -0.2) is 14.5 Å². The van der Waals surface area contributed by atoms with E-state index in [1.54, 1.807) is 29.2 Å². The molecule has 1 saturated carbocycles. The van der Waals surface area contributed by atoms with E-state index in [-0.39, 0.29) is 36.3 Å². The average molecular weight is 398 g/mol. The minimum atomic E-state index is -0.666. The molecular weight excluding hydrogens is 372 g/mol. The number of hydrogen-bond donors (Lipinski definition) is 1. The van der Waals surface area contributed by atoms with Crippen LogP contribution in [-0.4, -0.2) is 65.3 Å². The number of piperazine rings is 1. The molecular formula is C21H26N4O4. The minimum absolute atomic E-state index is 0.0762. The van der Waals surface area contributed by atoms with Crippen molar-refractivity contribution < 1.29 is 19.2 Å². The molecule has 0 bridgehead atoms. The normalized spacial score (nSPS) is 22.7. The Balaban J connectivity index is 1.44. The Morgan fingerprint density at radius 1 is 1.00 bits per heavy atom. The highest BCUT2D eigenvalue weighted by atomic mass is 16.2. The fourth-order valence-electron chi connectivity index (χ4n) is 4.38. The maximum atomic E-state index is 13.0. The van der Waals surface area contributed by atoms with Crippen LogP contribution in [0.5, 0.6) is 0 Å². The van der Waals surface area contributed by atoms with E-state index < -0.39 is 6.04 Å². The summed E-state index contributed by atoms with van der Waals surface area (Å²) in [6.07, 6.45) is 5.47. The maximum absolute atomic E-state index is 13.0. The summed E-state index contributed by atoms with van der Waals surface area (Å²) in [5.41, 5.74) is 0.966. The highest BCUT2D eigenvalue weighted by Crippen LogP contribution is 2.28. The van der Waals surface area contributed by atoms with Gasteiger partial charge in [0.05, 0.1) is 12.2 Å². The van der Waals surface area contributed by atoms with E-state index in [1.165, 1.54) is 18.2 Å². The quantitative estimate of drug-likeness (QED) is 0.625. The third kappa shape index (κ3) is 3.71. The number of fused-ring (bicyclic) bond motifs is 1. The number of nitrogens with one attached hydrogen (secondary N) is 1. The Morgan fingerprint density at radius 2 is 1.69 bits per heavy atom. The number of nitrogens with zero attached hydrogens (tertiary/aromatic N) is 3. The van der Waals surface area contributed by atoms with Gasteiger partial charge in [0, 0.05) is 24.7 Å². The smallest absolute Gasteiger partial charge is 0.332 e. The highest BCUT2D eigenvalue weighted by molar-refractivity contribution is 6.21. The molecule has 2 saturated heterocycles. The van der Waals surface area contributed by atoms with Crippen LogP contribution in [0.3, 0.4) is 0 Å². The fraction of sp³-hybridized carbons (Fsp3) is 0.524. The van der Waals surface area contributed by atoms with Crippen LogP contribution in [0.1, 0.15) is 49.4 Å². The van der Waals surface area contributed by atoms with Crippen molar-refractivity contribution in [3.05, 3.63) is 29.8 Å². The van der Waals surface area contributed by atoms with Crippen molar-refractivity contribution in [2.24, 2.45) is 0 Å². The van der Waals surface area contributed by atoms with Gasteiger partial charge in [0.2, 0.25) is 0 Å². The molecule has 5 amide bonds. The summed E-state index contributed by atoms with van der Waals surface area (Å²) in [6.45, 7) is 2.40. The summed E-state index contributed by atoms with van der Waals surface area (Å²) in [5, 5.41) is 3.08. The van der Waals surface area contributed by atoms with E-state index in [9.17, 15) is 19.2 Å². The van der Waals surface area contributed by atoms with Gasteiger partial charge in [-0.05, 0) is 44.0 Å². The first-order valence-corrected chi connectivity index (χ1v) is 10.3. The van der Waals surface area contributed by atoms with Gasteiger partial charge in [-0.1, -0.05) is 19.3 Å². The SMILES string of the molecule is CC(=O)c1ccc(N2C(=O)[C@H]3CN(C(=O)NC4CCCCC4)CCN3C2=O)cc1. The van der Waals surface area contributed by atoms with Crippen molar-refractivity contribution in [1.29, 1.82) is 0 Å². The maximum Gasteiger partial charge on any atom is 0.332 e. The zero-order valence-corrected chi connectivity index (χ0v) is 16.6. The lowest BCUT2D eigenvalue weighted by Crippen LogP contribution is -2.57. The molecule has 1 atom stereocenters. The van der Waals surface area contributed by atoms with E-state index in [2.05, 4.69) is 5.32 Å². The molecule has 1 aromatic carbocycles. The molecule has 2 heterocycles. The number of carbonyl (C=O) groups is 4. The van der Waals surface area contributed by atoms with Crippen molar-refractivity contribution in [3.63, 3.8) is 0 Å². The lowest BCUT2D eigenvalue weighted by molar-refractivity contribution is -0.120. The van der Waals surface area contributed by atoms with Crippen LogP contribution in [0.4, 0.5) is 15.3 Å². The topological polar surface area (TPSA) is 90.0 Å². The Labute approximate surface area is 169 Å². The molecule has 1 aliphatic carbocycles. The Morgan fingerprint density at radius 3 is 2.34 bits per heavy atom. The predicted molar refractivity (Wildman–Crippen MR) is 107 cm³/mol. The molecule has 154 valence electrons. The number of Topliss-reactive ketones (excluding diaryl/α,β-unsaturated/α-hetero) is 1. The van der Waals surface area contributed by atoms with Crippen LogP contribution in [-0.2, 0) is 4.79 Å². The molecule has 1 N–H and O–H groups in total. The lowest BCUT2D eigenvalue weighted by Gasteiger charge is -2.36. The number of anilines is 1. The molecule has 0 radical (unpaired) electrons. The second kappa shape index (κ2) is 7.85. The van der Waals surface area contributed by atoms with Gasteiger partial charge in [0.1, 0.15) is 6.04 Å². The molecule has 3 aliphatic rings. The molecule has 3 fully saturated rings. The number of urea groups is 2. The monoisotopic (exact) mass is 398 g/mol. The van der Waals surface area contributed by atoms with E-state index in [1.807, 2.05) is 0 Å². The molecule has 8 heteroatoms. The van der Waals surface area contributed by atoms with Crippen molar-refractivity contribution >= 4 is 29.4 Å². The zero-order valence-electron chi connectivity index (χ0n) is 16.6. The number of benzene rings is 1. The molecule has 1 aromatic rings. The summed E-state index contributed by atoms with van der Waals surface area (Å²) in [4.78, 5) is 54.2. The summed E-state index contributed by atoms with van der Waals surface area (Å²) in [5.74, 6) is -0.409. The number of imide groups is 1. The molecule has 4 rings (SSSR count). The van der Waals surface area contributed by atoms with E-state index in [4.69, 9.17) is 0 Å². The summed E-state index contributed by atoms with van der Waals surface area (Å²) in [6, 6.07) is 5.45. The van der Waals surface area contributed by atoms with Gasteiger partial charge in [0.15, 0.2) is 5.78 Å². The van der Waals surface area contributed by atoms with Gasteiger partial charge in [-0.3, -0.25) is 9.59 Å². The third-order valence-electron chi connectivity index (χ3n) is 6.07. The van der Waals surface area contributed by atoms with Crippen molar-refractivity contribution in [3.8, 4) is 0 Å². The standard InChI is InChI=1S/C21H26N4O4/c1-14(26)15-7-9-17(10-8-15)25-19(27)18-13-23(11-12-24(18)21(25)29)20(28)22-16-5-3-2-4-6-16/h7-10,16,18H,2-6,11-13H2,1H3,(H,22,28)/t18-/m1/s1. The number of amides is 5. The highest BCUT2D eigenvalue weighted by Gasteiger charge is 2.49. The summed E-state index contributed by atoms with van der Waals surface area (Å²) < 4.78 is 0.